The van der Waals surface area contributed by atoms with Gasteiger partial charge in [-0.25, -0.2) is 15.0 Å². The van der Waals surface area contributed by atoms with Crippen molar-refractivity contribution in [2.75, 3.05) is 18.0 Å². The SMILES string of the molecule is CCc1nc2cc(N3CCC(C(=O)N[C@H](C)c4ccccc4)CC3)cnc2nc1CC. The van der Waals surface area contributed by atoms with Crippen molar-refractivity contribution >= 4 is 22.8 Å². The highest BCUT2D eigenvalue weighted by Crippen LogP contribution is 2.26. The van der Waals surface area contributed by atoms with Crippen molar-refractivity contribution in [1.82, 2.24) is 20.3 Å². The van der Waals surface area contributed by atoms with Crippen molar-refractivity contribution in [3.05, 3.63) is 59.5 Å². The lowest BCUT2D eigenvalue weighted by Crippen LogP contribution is -2.41. The second-order valence-corrected chi connectivity index (χ2v) is 8.26. The molecule has 1 saturated heterocycles. The van der Waals surface area contributed by atoms with E-state index in [2.05, 4.69) is 47.2 Å². The maximum atomic E-state index is 12.8. The Labute approximate surface area is 184 Å². The Morgan fingerprint density at radius 3 is 2.45 bits per heavy atom. The number of amides is 1. The first kappa shape index (κ1) is 21.2. The highest BCUT2D eigenvalue weighted by molar-refractivity contribution is 5.79. The number of hydrogen-bond acceptors (Lipinski definition) is 5. The molecule has 0 aliphatic carbocycles. The summed E-state index contributed by atoms with van der Waals surface area (Å²) >= 11 is 0. The number of nitrogens with zero attached hydrogens (tertiary/aromatic N) is 4. The van der Waals surface area contributed by atoms with Gasteiger partial charge in [-0.3, -0.25) is 4.79 Å². The topological polar surface area (TPSA) is 71.0 Å². The minimum Gasteiger partial charge on any atom is -0.370 e. The normalized spacial score (nSPS) is 15.8. The van der Waals surface area contributed by atoms with E-state index in [1.54, 1.807) is 0 Å². The van der Waals surface area contributed by atoms with Gasteiger partial charge < -0.3 is 10.2 Å². The van der Waals surface area contributed by atoms with Crippen LogP contribution in [-0.4, -0.2) is 33.9 Å². The van der Waals surface area contributed by atoms with Gasteiger partial charge in [0, 0.05) is 19.0 Å². The van der Waals surface area contributed by atoms with Crippen LogP contribution in [0.1, 0.15) is 56.6 Å². The minimum absolute atomic E-state index is 0.0239. The van der Waals surface area contributed by atoms with E-state index in [1.165, 1.54) is 0 Å². The van der Waals surface area contributed by atoms with Crippen LogP contribution in [0.2, 0.25) is 0 Å². The van der Waals surface area contributed by atoms with Crippen molar-refractivity contribution in [3.63, 3.8) is 0 Å². The standard InChI is InChI=1S/C25H31N5O/c1-4-21-22(5-2)29-24-23(28-21)15-20(16-26-24)30-13-11-19(12-14-30)25(31)27-17(3)18-9-7-6-8-10-18/h6-10,15-17,19H,4-5,11-14H2,1-3H3,(H,27,31)/t17-/m1/s1. The number of fused-ring (bicyclic) bond motifs is 1. The summed E-state index contributed by atoms with van der Waals surface area (Å²) in [4.78, 5) is 29.1. The second-order valence-electron chi connectivity index (χ2n) is 8.26. The van der Waals surface area contributed by atoms with E-state index >= 15 is 0 Å². The van der Waals surface area contributed by atoms with Crippen molar-refractivity contribution < 1.29 is 4.79 Å². The fourth-order valence-corrected chi connectivity index (χ4v) is 4.30. The molecule has 1 aromatic carbocycles. The minimum atomic E-state index is 0.0239. The highest BCUT2D eigenvalue weighted by atomic mass is 16.1. The Morgan fingerprint density at radius 1 is 1.10 bits per heavy atom. The third kappa shape index (κ3) is 4.68. The number of aryl methyl sites for hydroxylation is 2. The molecule has 162 valence electrons. The van der Waals surface area contributed by atoms with Crippen LogP contribution >= 0.6 is 0 Å². The predicted octanol–water partition coefficient (Wildman–Crippen LogP) is 4.24. The van der Waals surface area contributed by atoms with Crippen LogP contribution in [0.3, 0.4) is 0 Å². The lowest BCUT2D eigenvalue weighted by molar-refractivity contribution is -0.126. The van der Waals surface area contributed by atoms with Gasteiger partial charge in [-0.1, -0.05) is 44.2 Å². The van der Waals surface area contributed by atoms with Crippen LogP contribution < -0.4 is 10.2 Å². The average molecular weight is 418 g/mol. The summed E-state index contributed by atoms with van der Waals surface area (Å²) < 4.78 is 0. The number of benzene rings is 1. The Balaban J connectivity index is 1.40. The summed E-state index contributed by atoms with van der Waals surface area (Å²) in [5.41, 5.74) is 5.84. The molecular formula is C25H31N5O. The summed E-state index contributed by atoms with van der Waals surface area (Å²) in [5.74, 6) is 0.201. The quantitative estimate of drug-likeness (QED) is 0.649. The molecule has 31 heavy (non-hydrogen) atoms. The number of piperidine rings is 1. The molecule has 1 amide bonds. The second kappa shape index (κ2) is 9.41. The number of anilines is 1. The maximum Gasteiger partial charge on any atom is 0.223 e. The van der Waals surface area contributed by atoms with Gasteiger partial charge in [-0.15, -0.1) is 0 Å². The van der Waals surface area contributed by atoms with E-state index in [0.717, 1.165) is 66.9 Å². The van der Waals surface area contributed by atoms with E-state index in [1.807, 2.05) is 31.3 Å². The highest BCUT2D eigenvalue weighted by Gasteiger charge is 2.26. The van der Waals surface area contributed by atoms with Gasteiger partial charge >= 0.3 is 0 Å². The Kier molecular flexibility index (Phi) is 6.44. The van der Waals surface area contributed by atoms with Gasteiger partial charge in [0.2, 0.25) is 5.91 Å². The molecule has 3 aromatic rings. The third-order valence-corrected chi connectivity index (χ3v) is 6.22. The molecule has 2 aromatic heterocycles. The molecule has 6 heteroatoms. The Morgan fingerprint density at radius 2 is 1.77 bits per heavy atom. The molecular weight excluding hydrogens is 386 g/mol. The third-order valence-electron chi connectivity index (χ3n) is 6.22. The number of rotatable bonds is 6. The van der Waals surface area contributed by atoms with E-state index in [9.17, 15) is 4.79 Å². The van der Waals surface area contributed by atoms with Crippen LogP contribution in [0, 0.1) is 5.92 Å². The van der Waals surface area contributed by atoms with Crippen LogP contribution in [0.4, 0.5) is 5.69 Å². The molecule has 0 radical (unpaired) electrons. The first-order valence-electron chi connectivity index (χ1n) is 11.3. The van der Waals surface area contributed by atoms with E-state index in [-0.39, 0.29) is 17.9 Å². The van der Waals surface area contributed by atoms with Crippen molar-refractivity contribution in [1.29, 1.82) is 0 Å². The Hall–Kier alpha value is -3.02. The summed E-state index contributed by atoms with van der Waals surface area (Å²) in [7, 11) is 0. The molecule has 3 heterocycles. The number of carbonyl (C=O) groups excluding carboxylic acids is 1. The molecule has 1 N–H and O–H groups in total. The zero-order chi connectivity index (χ0) is 21.8. The molecule has 4 rings (SSSR count). The zero-order valence-electron chi connectivity index (χ0n) is 18.6. The predicted molar refractivity (Wildman–Crippen MR) is 124 cm³/mol. The number of carbonyl (C=O) groups is 1. The van der Waals surface area contributed by atoms with Crippen LogP contribution in [0.25, 0.3) is 11.2 Å². The van der Waals surface area contributed by atoms with Crippen LogP contribution in [0.5, 0.6) is 0 Å². The summed E-state index contributed by atoms with van der Waals surface area (Å²) in [6.07, 6.45) is 5.31. The summed E-state index contributed by atoms with van der Waals surface area (Å²) in [5, 5.41) is 3.18. The van der Waals surface area contributed by atoms with E-state index < -0.39 is 0 Å². The van der Waals surface area contributed by atoms with Crippen molar-refractivity contribution in [2.45, 2.75) is 52.5 Å². The molecule has 1 aliphatic heterocycles. The number of aromatic nitrogens is 3. The number of hydrogen-bond donors (Lipinski definition) is 1. The molecule has 6 nitrogen and oxygen atoms in total. The zero-order valence-corrected chi connectivity index (χ0v) is 18.6. The van der Waals surface area contributed by atoms with Gasteiger partial charge in [0.1, 0.15) is 5.52 Å². The van der Waals surface area contributed by atoms with Gasteiger partial charge in [0.15, 0.2) is 5.65 Å². The molecule has 0 unspecified atom stereocenters. The van der Waals surface area contributed by atoms with Crippen LogP contribution in [0.15, 0.2) is 42.6 Å². The average Bonchev–Trinajstić information content (AvgIpc) is 2.83. The molecule has 0 spiro atoms. The largest absolute Gasteiger partial charge is 0.370 e. The van der Waals surface area contributed by atoms with Gasteiger partial charge in [0.05, 0.1) is 29.3 Å². The van der Waals surface area contributed by atoms with Gasteiger partial charge in [-0.2, -0.15) is 0 Å². The molecule has 1 fully saturated rings. The molecule has 1 atom stereocenters. The van der Waals surface area contributed by atoms with Crippen molar-refractivity contribution in [2.24, 2.45) is 5.92 Å². The fourth-order valence-electron chi connectivity index (χ4n) is 4.30. The smallest absolute Gasteiger partial charge is 0.223 e. The number of pyridine rings is 1. The number of nitrogens with one attached hydrogen (secondary N) is 1. The lowest BCUT2D eigenvalue weighted by Gasteiger charge is -2.33. The van der Waals surface area contributed by atoms with Crippen LogP contribution in [-0.2, 0) is 17.6 Å². The fraction of sp³-hybridized carbons (Fsp3) is 0.440. The summed E-state index contributed by atoms with van der Waals surface area (Å²) in [6, 6.07) is 12.2. The molecule has 0 bridgehead atoms. The Bertz CT molecular complexity index is 1040. The lowest BCUT2D eigenvalue weighted by atomic mass is 9.95. The molecule has 0 saturated carbocycles. The van der Waals surface area contributed by atoms with Gasteiger partial charge in [0.25, 0.3) is 0 Å². The monoisotopic (exact) mass is 417 g/mol. The maximum absolute atomic E-state index is 12.8. The van der Waals surface area contributed by atoms with Gasteiger partial charge in [-0.05, 0) is 44.2 Å². The first-order valence-corrected chi connectivity index (χ1v) is 11.3. The van der Waals surface area contributed by atoms with E-state index in [0.29, 0.717) is 5.65 Å². The van der Waals surface area contributed by atoms with E-state index in [4.69, 9.17) is 9.97 Å². The molecule has 1 aliphatic rings. The van der Waals surface area contributed by atoms with Crippen molar-refractivity contribution in [3.8, 4) is 0 Å². The first-order chi connectivity index (χ1) is 15.1. The summed E-state index contributed by atoms with van der Waals surface area (Å²) in [6.45, 7) is 7.93.